The van der Waals surface area contributed by atoms with Crippen LogP contribution in [-0.4, -0.2) is 18.5 Å². The molecule has 0 aliphatic carbocycles. The maximum atomic E-state index is 11.0. The Labute approximate surface area is 123 Å². The molecule has 0 saturated heterocycles. The van der Waals surface area contributed by atoms with E-state index < -0.39 is 0 Å². The van der Waals surface area contributed by atoms with E-state index in [-0.39, 0.29) is 10.2 Å². The highest BCUT2D eigenvalue weighted by Crippen LogP contribution is 2.33. The van der Waals surface area contributed by atoms with Crippen molar-refractivity contribution in [2.24, 2.45) is 0 Å². The molecule has 0 bridgehead atoms. The number of nitrogens with one attached hydrogen (secondary N) is 1. The third-order valence-corrected chi connectivity index (χ3v) is 3.57. The van der Waals surface area contributed by atoms with Crippen LogP contribution in [0.1, 0.15) is 44.7 Å². The predicted octanol–water partition coefficient (Wildman–Crippen LogP) is 4.20. The minimum absolute atomic E-state index is 0.190. The van der Waals surface area contributed by atoms with Gasteiger partial charge in [-0.05, 0) is 17.5 Å². The second kappa shape index (κ2) is 6.42. The van der Waals surface area contributed by atoms with E-state index in [0.29, 0.717) is 12.5 Å². The average Bonchev–Trinajstić information content (AvgIpc) is 2.35. The maximum Gasteiger partial charge on any atom is 0.287 e. The Morgan fingerprint density at radius 2 is 2.05 bits per heavy atom. The summed E-state index contributed by atoms with van der Waals surface area (Å²) < 4.78 is 5.50. The van der Waals surface area contributed by atoms with Crippen molar-refractivity contribution in [3.63, 3.8) is 0 Å². The van der Waals surface area contributed by atoms with Crippen LogP contribution < -0.4 is 10.1 Å². The zero-order valence-corrected chi connectivity index (χ0v) is 13.8. The molecule has 0 aliphatic heterocycles. The summed E-state index contributed by atoms with van der Waals surface area (Å²) in [6.07, 6.45) is 0. The fourth-order valence-corrected chi connectivity index (χ4v) is 2.15. The molecule has 3 nitrogen and oxygen atoms in total. The van der Waals surface area contributed by atoms with Crippen LogP contribution in [0.25, 0.3) is 0 Å². The molecule has 0 aromatic heterocycles. The lowest BCUT2D eigenvalue weighted by Gasteiger charge is -2.27. The number of carbonyl (C=O) groups excluding carboxylic acids is 1. The van der Waals surface area contributed by atoms with Crippen molar-refractivity contribution >= 4 is 20.7 Å². The highest BCUT2D eigenvalue weighted by Gasteiger charge is 2.25. The second-order valence-corrected chi connectivity index (χ2v) is 6.35. The molecule has 1 rings (SSSR count). The molecule has 0 radical (unpaired) electrons. The molecule has 1 N–H and O–H groups in total. The molecule has 4 heteroatoms. The molecule has 0 heterocycles. The zero-order valence-electron chi connectivity index (χ0n) is 12.2. The molecule has 1 aromatic carbocycles. The Kier molecular flexibility index (Phi) is 5.41. The van der Waals surface area contributed by atoms with E-state index in [1.807, 2.05) is 0 Å². The number of ether oxygens (including phenoxy) is 1. The number of rotatable bonds is 5. The van der Waals surface area contributed by atoms with Gasteiger partial charge in [-0.15, -0.1) is 0 Å². The zero-order chi connectivity index (χ0) is 14.6. The smallest absolute Gasteiger partial charge is 0.287 e. The summed E-state index contributed by atoms with van der Waals surface area (Å²) in [6.45, 7) is 9.04. The van der Waals surface area contributed by atoms with Crippen molar-refractivity contribution in [2.75, 3.05) is 13.7 Å². The largest absolute Gasteiger partial charge is 0.496 e. The standard InChI is InChI=1S/C15H22BrNO2/c1-10(2)11-6-7-12(13(8-11)19-5)15(3,4)9-17-14(16)18/h6-8,10H,9H2,1-5H3,(H,17,18). The Hall–Kier alpha value is -1.03. The molecule has 1 aromatic rings. The summed E-state index contributed by atoms with van der Waals surface area (Å²) in [5.74, 6) is 1.34. The average molecular weight is 328 g/mol. The van der Waals surface area contributed by atoms with Gasteiger partial charge in [0, 0.05) is 33.5 Å². The number of amides is 1. The molecule has 0 atom stereocenters. The van der Waals surface area contributed by atoms with Gasteiger partial charge >= 0.3 is 0 Å². The Morgan fingerprint density at radius 1 is 1.42 bits per heavy atom. The van der Waals surface area contributed by atoms with E-state index >= 15 is 0 Å². The van der Waals surface area contributed by atoms with Gasteiger partial charge in [-0.25, -0.2) is 0 Å². The molecule has 0 aliphatic rings. The first-order chi connectivity index (χ1) is 8.77. The van der Waals surface area contributed by atoms with Gasteiger partial charge in [0.2, 0.25) is 0 Å². The van der Waals surface area contributed by atoms with E-state index in [0.717, 1.165) is 11.3 Å². The molecule has 0 saturated carbocycles. The van der Waals surface area contributed by atoms with E-state index in [4.69, 9.17) is 4.74 Å². The van der Waals surface area contributed by atoms with Crippen LogP contribution >= 0.6 is 15.9 Å². The summed E-state index contributed by atoms with van der Waals surface area (Å²) in [4.78, 5) is 10.8. The van der Waals surface area contributed by atoms with Gasteiger partial charge in [-0.3, -0.25) is 4.79 Å². The molecular weight excluding hydrogens is 306 g/mol. The van der Waals surface area contributed by atoms with Gasteiger partial charge < -0.3 is 10.1 Å². The van der Waals surface area contributed by atoms with Crippen molar-refractivity contribution in [1.29, 1.82) is 0 Å². The van der Waals surface area contributed by atoms with E-state index in [2.05, 4.69) is 67.1 Å². The molecular formula is C15H22BrNO2. The summed E-state index contributed by atoms with van der Waals surface area (Å²) in [5.41, 5.74) is 2.16. The Bertz CT molecular complexity index is 455. The third-order valence-electron chi connectivity index (χ3n) is 3.29. The van der Waals surface area contributed by atoms with Crippen LogP contribution in [0, 0.1) is 0 Å². The van der Waals surface area contributed by atoms with E-state index in [1.54, 1.807) is 7.11 Å². The minimum atomic E-state index is -0.196. The molecule has 19 heavy (non-hydrogen) atoms. The Balaban J connectivity index is 3.07. The van der Waals surface area contributed by atoms with Crippen molar-refractivity contribution < 1.29 is 9.53 Å². The normalized spacial score (nSPS) is 11.5. The lowest BCUT2D eigenvalue weighted by atomic mass is 9.83. The first-order valence-electron chi connectivity index (χ1n) is 6.39. The Morgan fingerprint density at radius 3 is 2.53 bits per heavy atom. The predicted molar refractivity (Wildman–Crippen MR) is 82.4 cm³/mol. The van der Waals surface area contributed by atoms with Crippen molar-refractivity contribution in [3.05, 3.63) is 29.3 Å². The van der Waals surface area contributed by atoms with E-state index in [1.165, 1.54) is 5.56 Å². The van der Waals surface area contributed by atoms with Crippen LogP contribution in [0.4, 0.5) is 4.79 Å². The molecule has 0 unspecified atom stereocenters. The van der Waals surface area contributed by atoms with Crippen LogP contribution in [0.15, 0.2) is 18.2 Å². The summed E-state index contributed by atoms with van der Waals surface area (Å²) >= 11 is 2.88. The number of benzene rings is 1. The number of hydrogen-bond acceptors (Lipinski definition) is 2. The number of carbonyl (C=O) groups is 1. The lowest BCUT2D eigenvalue weighted by Crippen LogP contribution is -2.34. The monoisotopic (exact) mass is 327 g/mol. The fourth-order valence-electron chi connectivity index (χ4n) is 2.01. The van der Waals surface area contributed by atoms with Crippen LogP contribution in [0.2, 0.25) is 0 Å². The molecule has 0 fully saturated rings. The molecule has 0 spiro atoms. The van der Waals surface area contributed by atoms with Gasteiger partial charge in [0.25, 0.3) is 4.82 Å². The van der Waals surface area contributed by atoms with Crippen LogP contribution in [0.5, 0.6) is 5.75 Å². The van der Waals surface area contributed by atoms with Crippen molar-refractivity contribution in [2.45, 2.75) is 39.0 Å². The first kappa shape index (κ1) is 16.0. The van der Waals surface area contributed by atoms with Crippen LogP contribution in [-0.2, 0) is 5.41 Å². The lowest BCUT2D eigenvalue weighted by molar-refractivity contribution is 0.259. The van der Waals surface area contributed by atoms with Gasteiger partial charge in [0.05, 0.1) is 7.11 Å². The number of halogens is 1. The third kappa shape index (κ3) is 4.23. The molecule has 106 valence electrons. The fraction of sp³-hybridized carbons (Fsp3) is 0.533. The van der Waals surface area contributed by atoms with Gasteiger partial charge in [0.1, 0.15) is 5.75 Å². The summed E-state index contributed by atoms with van der Waals surface area (Å²) in [6, 6.07) is 6.30. The van der Waals surface area contributed by atoms with Gasteiger partial charge in [-0.1, -0.05) is 39.8 Å². The van der Waals surface area contributed by atoms with Gasteiger partial charge in [-0.2, -0.15) is 0 Å². The summed E-state index contributed by atoms with van der Waals surface area (Å²) in [7, 11) is 1.68. The second-order valence-electron chi connectivity index (χ2n) is 5.63. The van der Waals surface area contributed by atoms with Crippen molar-refractivity contribution in [3.8, 4) is 5.75 Å². The highest BCUT2D eigenvalue weighted by molar-refractivity contribution is 9.18. The maximum absolute atomic E-state index is 11.0. The van der Waals surface area contributed by atoms with Crippen molar-refractivity contribution in [1.82, 2.24) is 5.32 Å². The quantitative estimate of drug-likeness (QED) is 0.650. The summed E-state index contributed by atoms with van der Waals surface area (Å²) in [5, 5.41) is 2.80. The topological polar surface area (TPSA) is 38.3 Å². The van der Waals surface area contributed by atoms with E-state index in [9.17, 15) is 4.79 Å². The highest BCUT2D eigenvalue weighted by atomic mass is 79.9. The van der Waals surface area contributed by atoms with Gasteiger partial charge in [0.15, 0.2) is 0 Å². The SMILES string of the molecule is COc1cc(C(C)C)ccc1C(C)(C)CNC(=O)Br. The molecule has 1 amide bonds. The minimum Gasteiger partial charge on any atom is -0.496 e. The van der Waals surface area contributed by atoms with Crippen LogP contribution in [0.3, 0.4) is 0 Å². The number of methoxy groups -OCH3 is 1. The first-order valence-corrected chi connectivity index (χ1v) is 7.19. The number of hydrogen-bond donors (Lipinski definition) is 1.